The molecule has 220 valence electrons. The molecule has 1 fully saturated rings. The van der Waals surface area contributed by atoms with Crippen LogP contribution in [0.4, 0.5) is 0 Å². The van der Waals surface area contributed by atoms with E-state index in [1.807, 2.05) is 18.4 Å². The first kappa shape index (κ1) is 29.2. The van der Waals surface area contributed by atoms with Gasteiger partial charge in [-0.2, -0.15) is 0 Å². The monoisotopic (exact) mass is 602 g/mol. The SMILES string of the molecule is CCOC(=O)C(C)(C)N1CCC(n2c(CNS(C)(=O)=O)nc3cnc4c(ccn4S(=O)(=O)c4ccccc4)c32)CC1. The molecule has 1 aliphatic rings. The average Bonchev–Trinajstić information content (AvgIpc) is 3.54. The fourth-order valence-corrected chi connectivity index (χ4v) is 7.14. The zero-order valence-electron chi connectivity index (χ0n) is 23.4. The predicted octanol–water partition coefficient (Wildman–Crippen LogP) is 2.65. The molecule has 1 aromatic carbocycles. The third kappa shape index (κ3) is 5.48. The molecule has 1 saturated heterocycles. The average molecular weight is 603 g/mol. The zero-order chi connectivity index (χ0) is 29.6. The number of ether oxygens (including phenoxy) is 1. The van der Waals surface area contributed by atoms with Gasteiger partial charge in [0.1, 0.15) is 16.9 Å². The molecule has 4 aromatic rings. The van der Waals surface area contributed by atoms with Crippen LogP contribution in [-0.4, -0.2) is 77.7 Å². The van der Waals surface area contributed by atoms with Crippen molar-refractivity contribution < 1.29 is 26.4 Å². The third-order valence-corrected chi connectivity index (χ3v) is 9.94. The fourth-order valence-electron chi connectivity index (χ4n) is 5.43. The van der Waals surface area contributed by atoms with Gasteiger partial charge in [0.25, 0.3) is 10.0 Å². The number of benzene rings is 1. The van der Waals surface area contributed by atoms with Crippen molar-refractivity contribution in [3.05, 3.63) is 54.6 Å². The number of aromatic nitrogens is 4. The molecule has 12 nitrogen and oxygen atoms in total. The topological polar surface area (TPSA) is 145 Å². The number of fused-ring (bicyclic) bond motifs is 3. The molecule has 4 heterocycles. The lowest BCUT2D eigenvalue weighted by Crippen LogP contribution is -2.54. The van der Waals surface area contributed by atoms with E-state index in [0.29, 0.717) is 54.8 Å². The predicted molar refractivity (Wildman–Crippen MR) is 154 cm³/mol. The number of carbonyl (C=O) groups is 1. The number of nitrogens with zero attached hydrogens (tertiary/aromatic N) is 5. The van der Waals surface area contributed by atoms with Crippen LogP contribution >= 0.6 is 0 Å². The summed E-state index contributed by atoms with van der Waals surface area (Å²) in [7, 11) is -7.41. The van der Waals surface area contributed by atoms with E-state index >= 15 is 0 Å². The molecule has 5 rings (SSSR count). The maximum atomic E-state index is 13.5. The molecular formula is C27H34N6O6S2. The van der Waals surface area contributed by atoms with Crippen LogP contribution in [0.1, 0.15) is 45.5 Å². The number of piperidine rings is 1. The van der Waals surface area contributed by atoms with Crippen molar-refractivity contribution in [1.82, 2.24) is 28.1 Å². The van der Waals surface area contributed by atoms with Gasteiger partial charge in [0.05, 0.1) is 36.0 Å². The highest BCUT2D eigenvalue weighted by atomic mass is 32.2. The number of esters is 1. The first-order valence-corrected chi connectivity index (χ1v) is 16.7. The number of rotatable bonds is 9. The molecule has 0 amide bonds. The maximum Gasteiger partial charge on any atom is 0.325 e. The van der Waals surface area contributed by atoms with Gasteiger partial charge in [0.2, 0.25) is 10.0 Å². The Balaban J connectivity index is 1.58. The molecule has 41 heavy (non-hydrogen) atoms. The lowest BCUT2D eigenvalue weighted by molar-refractivity contribution is -0.156. The Morgan fingerprint density at radius 2 is 1.78 bits per heavy atom. The first-order valence-electron chi connectivity index (χ1n) is 13.4. The van der Waals surface area contributed by atoms with Crippen LogP contribution in [0.3, 0.4) is 0 Å². The van der Waals surface area contributed by atoms with Gasteiger partial charge < -0.3 is 9.30 Å². The number of sulfonamides is 1. The summed E-state index contributed by atoms with van der Waals surface area (Å²) in [6.45, 7) is 6.96. The van der Waals surface area contributed by atoms with Crippen molar-refractivity contribution in [3.8, 4) is 0 Å². The molecule has 14 heteroatoms. The van der Waals surface area contributed by atoms with Crippen molar-refractivity contribution in [2.75, 3.05) is 26.0 Å². The van der Waals surface area contributed by atoms with Gasteiger partial charge in [-0.25, -0.2) is 35.5 Å². The number of hydrogen-bond donors (Lipinski definition) is 1. The van der Waals surface area contributed by atoms with Crippen LogP contribution in [0.15, 0.2) is 53.7 Å². The minimum Gasteiger partial charge on any atom is -0.465 e. The highest BCUT2D eigenvalue weighted by molar-refractivity contribution is 7.90. The second kappa shape index (κ2) is 10.8. The van der Waals surface area contributed by atoms with E-state index in [0.717, 1.165) is 10.2 Å². The van der Waals surface area contributed by atoms with E-state index in [9.17, 15) is 21.6 Å². The quantitative estimate of drug-likeness (QED) is 0.286. The molecule has 0 saturated carbocycles. The Morgan fingerprint density at radius 3 is 2.41 bits per heavy atom. The number of likely N-dealkylation sites (tertiary alicyclic amines) is 1. The van der Waals surface area contributed by atoms with Gasteiger partial charge in [-0.3, -0.25) is 9.69 Å². The van der Waals surface area contributed by atoms with E-state index in [1.165, 1.54) is 24.5 Å². The minimum absolute atomic E-state index is 0.0352. The summed E-state index contributed by atoms with van der Waals surface area (Å²) in [5.41, 5.74) is 0.683. The summed E-state index contributed by atoms with van der Waals surface area (Å²) in [4.78, 5) is 24.0. The molecular weight excluding hydrogens is 568 g/mol. The standard InChI is InChI=1S/C27H34N6O6S2/c1-5-39-26(34)27(2,3)31-14-11-19(12-15-31)33-23(18-29-40(4,35)36)30-22-17-28-25-21(24(22)33)13-16-32(25)41(37,38)20-9-7-6-8-10-20/h6-10,13,16-17,19,29H,5,11-12,14-15,18H2,1-4H3. The normalized spacial score (nSPS) is 16.0. The first-order chi connectivity index (χ1) is 19.3. The van der Waals surface area contributed by atoms with E-state index in [4.69, 9.17) is 9.72 Å². The van der Waals surface area contributed by atoms with Crippen LogP contribution in [0.25, 0.3) is 22.1 Å². The van der Waals surface area contributed by atoms with Gasteiger partial charge in [-0.15, -0.1) is 0 Å². The highest BCUT2D eigenvalue weighted by Crippen LogP contribution is 2.35. The number of pyridine rings is 1. The van der Waals surface area contributed by atoms with Crippen LogP contribution in [0.5, 0.6) is 0 Å². The maximum absolute atomic E-state index is 13.5. The smallest absolute Gasteiger partial charge is 0.325 e. The Labute approximate surface area is 239 Å². The second-order valence-corrected chi connectivity index (χ2v) is 14.3. The molecule has 0 aliphatic carbocycles. The van der Waals surface area contributed by atoms with Gasteiger partial charge in [-0.05, 0) is 51.8 Å². The van der Waals surface area contributed by atoms with Crippen molar-refractivity contribution in [2.24, 2.45) is 0 Å². The fraction of sp³-hybridized carbons (Fsp3) is 0.444. The number of carbonyl (C=O) groups excluding carboxylic acids is 1. The van der Waals surface area contributed by atoms with Crippen molar-refractivity contribution in [1.29, 1.82) is 0 Å². The lowest BCUT2D eigenvalue weighted by Gasteiger charge is -2.41. The summed E-state index contributed by atoms with van der Waals surface area (Å²) < 4.78 is 61.8. The summed E-state index contributed by atoms with van der Waals surface area (Å²) >= 11 is 0. The second-order valence-electron chi connectivity index (χ2n) is 10.6. The highest BCUT2D eigenvalue weighted by Gasteiger charge is 2.39. The van der Waals surface area contributed by atoms with E-state index in [-0.39, 0.29) is 29.1 Å². The Bertz CT molecular complexity index is 1800. The summed E-state index contributed by atoms with van der Waals surface area (Å²) in [6.07, 6.45) is 5.41. The van der Waals surface area contributed by atoms with Crippen LogP contribution < -0.4 is 4.72 Å². The van der Waals surface area contributed by atoms with Gasteiger partial charge in [0.15, 0.2) is 5.65 Å². The summed E-state index contributed by atoms with van der Waals surface area (Å²) in [6, 6.07) is 9.76. The van der Waals surface area contributed by atoms with Crippen molar-refractivity contribution in [3.63, 3.8) is 0 Å². The van der Waals surface area contributed by atoms with Gasteiger partial charge >= 0.3 is 5.97 Å². The molecule has 0 unspecified atom stereocenters. The Kier molecular flexibility index (Phi) is 7.70. The van der Waals surface area contributed by atoms with Crippen LogP contribution in [0, 0.1) is 0 Å². The van der Waals surface area contributed by atoms with Crippen LogP contribution in [0.2, 0.25) is 0 Å². The zero-order valence-corrected chi connectivity index (χ0v) is 25.1. The molecule has 0 radical (unpaired) electrons. The summed E-state index contributed by atoms with van der Waals surface area (Å²) in [5.74, 6) is 0.222. The Morgan fingerprint density at radius 1 is 1.10 bits per heavy atom. The van der Waals surface area contributed by atoms with Crippen molar-refractivity contribution >= 4 is 48.1 Å². The summed E-state index contributed by atoms with van der Waals surface area (Å²) in [5, 5.41) is 0.592. The third-order valence-electron chi connectivity index (χ3n) is 7.59. The molecule has 1 aliphatic heterocycles. The number of nitrogens with one attached hydrogen (secondary N) is 1. The lowest BCUT2D eigenvalue weighted by atomic mass is 9.96. The molecule has 1 N–H and O–H groups in total. The minimum atomic E-state index is -3.91. The molecule has 0 bridgehead atoms. The Hall–Kier alpha value is -3.33. The van der Waals surface area contributed by atoms with E-state index in [1.54, 1.807) is 31.2 Å². The molecule has 0 atom stereocenters. The van der Waals surface area contributed by atoms with Gasteiger partial charge in [-0.1, -0.05) is 18.2 Å². The molecule has 0 spiro atoms. The van der Waals surface area contributed by atoms with Crippen LogP contribution in [-0.2, 0) is 36.1 Å². The van der Waals surface area contributed by atoms with Gasteiger partial charge in [0, 0.05) is 30.7 Å². The van der Waals surface area contributed by atoms with E-state index in [2.05, 4.69) is 14.6 Å². The number of hydrogen-bond acceptors (Lipinski definition) is 9. The number of imidazole rings is 1. The molecule has 3 aromatic heterocycles. The van der Waals surface area contributed by atoms with Crippen molar-refractivity contribution in [2.45, 2.75) is 56.6 Å². The van der Waals surface area contributed by atoms with E-state index < -0.39 is 25.6 Å². The largest absolute Gasteiger partial charge is 0.465 e.